The number of benzene rings is 1. The minimum atomic E-state index is -0.116. The molecular weight excluding hydrogens is 388 g/mol. The topological polar surface area (TPSA) is 88.3 Å². The average molecular weight is 410 g/mol. The Labute approximate surface area is 172 Å². The third kappa shape index (κ3) is 4.71. The molecule has 1 fully saturated rings. The van der Waals surface area contributed by atoms with Gasteiger partial charge in [0, 0.05) is 36.1 Å². The first-order valence-corrected chi connectivity index (χ1v) is 10.5. The Morgan fingerprint density at radius 1 is 1.28 bits per heavy atom. The summed E-state index contributed by atoms with van der Waals surface area (Å²) >= 11 is 1.61. The van der Waals surface area contributed by atoms with E-state index in [1.807, 2.05) is 34.5 Å². The number of nitrogens with zero attached hydrogens (tertiary/aromatic N) is 3. The molecule has 0 radical (unpaired) electrons. The zero-order valence-corrected chi connectivity index (χ0v) is 16.9. The van der Waals surface area contributed by atoms with Crippen LogP contribution in [0.25, 0.3) is 11.4 Å². The van der Waals surface area contributed by atoms with Crippen LogP contribution in [0.1, 0.15) is 36.5 Å². The number of piperidine rings is 1. The Hall–Kier alpha value is -3.00. The minimum absolute atomic E-state index is 0.0518. The van der Waals surface area contributed by atoms with Crippen LogP contribution in [0.4, 0.5) is 5.69 Å². The molecule has 1 aromatic carbocycles. The molecule has 1 aliphatic rings. The van der Waals surface area contributed by atoms with E-state index < -0.39 is 0 Å². The van der Waals surface area contributed by atoms with Gasteiger partial charge < -0.3 is 14.7 Å². The molecule has 0 aliphatic carbocycles. The second kappa shape index (κ2) is 8.57. The standard InChI is InChI=1S/C21H22N4O3S/c1-14(26)22-17-8-6-15(7-9-17)20-23-21(28-24-20)16-4-2-10-25(13-16)19(27)12-18-5-3-11-29-18/h3,5-9,11,16H,2,4,10,12-13H2,1H3,(H,22,26). The molecule has 0 bridgehead atoms. The summed E-state index contributed by atoms with van der Waals surface area (Å²) in [5.74, 6) is 1.16. The number of likely N-dealkylation sites (tertiary alicyclic amines) is 1. The zero-order valence-electron chi connectivity index (χ0n) is 16.1. The lowest BCUT2D eigenvalue weighted by molar-refractivity contribution is -0.131. The van der Waals surface area contributed by atoms with E-state index in [2.05, 4.69) is 15.5 Å². The fourth-order valence-electron chi connectivity index (χ4n) is 3.50. The smallest absolute Gasteiger partial charge is 0.231 e. The van der Waals surface area contributed by atoms with E-state index in [0.717, 1.165) is 35.5 Å². The zero-order chi connectivity index (χ0) is 20.2. The summed E-state index contributed by atoms with van der Waals surface area (Å²) in [6, 6.07) is 11.3. The van der Waals surface area contributed by atoms with Gasteiger partial charge in [0.25, 0.3) is 0 Å². The van der Waals surface area contributed by atoms with Gasteiger partial charge in [0.15, 0.2) is 0 Å². The van der Waals surface area contributed by atoms with Crippen molar-refractivity contribution < 1.29 is 14.1 Å². The highest BCUT2D eigenvalue weighted by Crippen LogP contribution is 2.28. The molecule has 1 atom stereocenters. The van der Waals surface area contributed by atoms with Gasteiger partial charge in [-0.05, 0) is 48.6 Å². The molecule has 1 aliphatic heterocycles. The summed E-state index contributed by atoms with van der Waals surface area (Å²) in [4.78, 5) is 31.3. The molecule has 1 unspecified atom stereocenters. The van der Waals surface area contributed by atoms with Crippen molar-refractivity contribution >= 4 is 28.8 Å². The number of hydrogen-bond acceptors (Lipinski definition) is 6. The number of hydrogen-bond donors (Lipinski definition) is 1. The second-order valence-corrected chi connectivity index (χ2v) is 8.18. The van der Waals surface area contributed by atoms with Crippen molar-refractivity contribution in [3.05, 3.63) is 52.5 Å². The first-order valence-electron chi connectivity index (χ1n) is 9.60. The van der Waals surface area contributed by atoms with Crippen LogP contribution < -0.4 is 5.32 Å². The molecule has 0 spiro atoms. The maximum atomic E-state index is 12.6. The predicted octanol–water partition coefficient (Wildman–Crippen LogP) is 3.71. The summed E-state index contributed by atoms with van der Waals surface area (Å²) in [5.41, 5.74) is 1.53. The van der Waals surface area contributed by atoms with Gasteiger partial charge in [0.2, 0.25) is 23.5 Å². The quantitative estimate of drug-likeness (QED) is 0.693. The van der Waals surface area contributed by atoms with Gasteiger partial charge in [-0.3, -0.25) is 9.59 Å². The van der Waals surface area contributed by atoms with Crippen LogP contribution in [0.3, 0.4) is 0 Å². The van der Waals surface area contributed by atoms with E-state index in [-0.39, 0.29) is 17.7 Å². The third-order valence-corrected chi connectivity index (χ3v) is 5.81. The normalized spacial score (nSPS) is 16.6. The van der Waals surface area contributed by atoms with Crippen LogP contribution >= 0.6 is 11.3 Å². The number of amides is 2. The Kier molecular flexibility index (Phi) is 5.71. The average Bonchev–Trinajstić information content (AvgIpc) is 3.40. The molecule has 4 rings (SSSR count). The highest BCUT2D eigenvalue weighted by Gasteiger charge is 2.28. The van der Waals surface area contributed by atoms with Gasteiger partial charge in [-0.1, -0.05) is 11.2 Å². The fraction of sp³-hybridized carbons (Fsp3) is 0.333. The van der Waals surface area contributed by atoms with E-state index in [9.17, 15) is 9.59 Å². The van der Waals surface area contributed by atoms with E-state index in [1.165, 1.54) is 6.92 Å². The van der Waals surface area contributed by atoms with E-state index in [4.69, 9.17) is 4.52 Å². The number of rotatable bonds is 5. The van der Waals surface area contributed by atoms with Crippen LogP contribution in [0.15, 0.2) is 46.3 Å². The van der Waals surface area contributed by atoms with Crippen LogP contribution in [0.2, 0.25) is 0 Å². The van der Waals surface area contributed by atoms with Crippen molar-refractivity contribution in [2.45, 2.75) is 32.1 Å². The number of carbonyl (C=O) groups excluding carboxylic acids is 2. The monoisotopic (exact) mass is 410 g/mol. The summed E-state index contributed by atoms with van der Waals surface area (Å²) in [5, 5.41) is 8.83. The second-order valence-electron chi connectivity index (χ2n) is 7.15. The van der Waals surface area contributed by atoms with Gasteiger partial charge >= 0.3 is 0 Å². The molecule has 150 valence electrons. The number of anilines is 1. The van der Waals surface area contributed by atoms with E-state index in [1.54, 1.807) is 23.5 Å². The molecule has 3 aromatic rings. The third-order valence-electron chi connectivity index (χ3n) is 4.93. The Bertz CT molecular complexity index is 982. The van der Waals surface area contributed by atoms with Crippen molar-refractivity contribution in [1.29, 1.82) is 0 Å². The van der Waals surface area contributed by atoms with Gasteiger partial charge in [0.05, 0.1) is 12.3 Å². The fourth-order valence-corrected chi connectivity index (χ4v) is 4.20. The van der Waals surface area contributed by atoms with Gasteiger partial charge in [-0.2, -0.15) is 4.98 Å². The Morgan fingerprint density at radius 3 is 2.83 bits per heavy atom. The molecule has 1 saturated heterocycles. The molecule has 8 heteroatoms. The summed E-state index contributed by atoms with van der Waals surface area (Å²) in [6.45, 7) is 2.84. The van der Waals surface area contributed by atoms with Crippen LogP contribution in [0, 0.1) is 0 Å². The van der Waals surface area contributed by atoms with Crippen LogP contribution in [-0.2, 0) is 16.0 Å². The molecule has 7 nitrogen and oxygen atoms in total. The molecule has 29 heavy (non-hydrogen) atoms. The molecular formula is C21H22N4O3S. The summed E-state index contributed by atoms with van der Waals surface area (Å²) < 4.78 is 5.52. The highest BCUT2D eigenvalue weighted by atomic mass is 32.1. The van der Waals surface area contributed by atoms with Gasteiger partial charge in [0.1, 0.15) is 0 Å². The molecule has 3 heterocycles. The first kappa shape index (κ1) is 19.3. The lowest BCUT2D eigenvalue weighted by Crippen LogP contribution is -2.39. The maximum Gasteiger partial charge on any atom is 0.231 e. The maximum absolute atomic E-state index is 12.6. The van der Waals surface area contributed by atoms with Crippen molar-refractivity contribution in [1.82, 2.24) is 15.0 Å². The van der Waals surface area contributed by atoms with Crippen molar-refractivity contribution in [2.24, 2.45) is 0 Å². The van der Waals surface area contributed by atoms with Crippen molar-refractivity contribution in [3.63, 3.8) is 0 Å². The largest absolute Gasteiger partial charge is 0.342 e. The van der Waals surface area contributed by atoms with Crippen molar-refractivity contribution in [3.8, 4) is 11.4 Å². The van der Waals surface area contributed by atoms with Crippen molar-refractivity contribution in [2.75, 3.05) is 18.4 Å². The molecule has 2 amide bonds. The van der Waals surface area contributed by atoms with Gasteiger partial charge in [-0.15, -0.1) is 11.3 Å². The molecule has 1 N–H and O–H groups in total. The predicted molar refractivity (Wildman–Crippen MR) is 111 cm³/mol. The first-order chi connectivity index (χ1) is 14.1. The lowest BCUT2D eigenvalue weighted by atomic mass is 9.97. The van der Waals surface area contributed by atoms with Crippen LogP contribution in [0.5, 0.6) is 0 Å². The Balaban J connectivity index is 1.42. The van der Waals surface area contributed by atoms with E-state index >= 15 is 0 Å². The number of thiophene rings is 1. The summed E-state index contributed by atoms with van der Waals surface area (Å²) in [6.07, 6.45) is 2.29. The molecule has 2 aromatic heterocycles. The van der Waals surface area contributed by atoms with Gasteiger partial charge in [-0.25, -0.2) is 0 Å². The highest BCUT2D eigenvalue weighted by molar-refractivity contribution is 7.10. The number of aromatic nitrogens is 2. The lowest BCUT2D eigenvalue weighted by Gasteiger charge is -2.31. The SMILES string of the molecule is CC(=O)Nc1ccc(-c2noc(C3CCCN(C(=O)Cc4cccs4)C3)n2)cc1. The number of carbonyl (C=O) groups is 2. The minimum Gasteiger partial charge on any atom is -0.342 e. The van der Waals surface area contributed by atoms with E-state index in [0.29, 0.717) is 24.7 Å². The molecule has 0 saturated carbocycles. The Morgan fingerprint density at radius 2 is 2.10 bits per heavy atom. The number of nitrogens with one attached hydrogen (secondary N) is 1. The van der Waals surface area contributed by atoms with Crippen LogP contribution in [-0.4, -0.2) is 39.9 Å². The summed E-state index contributed by atoms with van der Waals surface area (Å²) in [7, 11) is 0.